The lowest BCUT2D eigenvalue weighted by molar-refractivity contribution is 0.103. The van der Waals surface area contributed by atoms with E-state index in [4.69, 9.17) is 8.83 Å². The molecule has 0 aromatic heterocycles. The van der Waals surface area contributed by atoms with Gasteiger partial charge in [-0.2, -0.15) is 0 Å². The molecule has 0 saturated carbocycles. The van der Waals surface area contributed by atoms with E-state index >= 15 is 0 Å². The summed E-state index contributed by atoms with van der Waals surface area (Å²) in [5.74, 6) is 0.536. The van der Waals surface area contributed by atoms with Gasteiger partial charge < -0.3 is 8.83 Å². The van der Waals surface area contributed by atoms with E-state index in [-0.39, 0.29) is 11.6 Å². The Hall–Kier alpha value is -5.22. The van der Waals surface area contributed by atoms with Crippen molar-refractivity contribution in [1.29, 1.82) is 0 Å². The minimum Gasteiger partial charge on any atom is -0.461 e. The van der Waals surface area contributed by atoms with Crippen LogP contribution in [0.3, 0.4) is 0 Å². The Labute approximate surface area is 224 Å². The molecule has 2 aliphatic heterocycles. The largest absolute Gasteiger partial charge is 0.461 e. The topological polar surface area (TPSA) is 60.4 Å². The second-order valence-electron chi connectivity index (χ2n) is 9.60. The van der Waals surface area contributed by atoms with E-state index in [0.717, 1.165) is 27.3 Å². The van der Waals surface area contributed by atoms with Gasteiger partial charge in [0.1, 0.15) is 22.5 Å². The SMILES string of the molecule is C=Cc1c(C(=O)c2ccccc2)ccc2oc3ccc4c(C(=O)c5ccccc5)ccc5oc(C)c(c12)-c3c54. The monoisotopic (exact) mass is 506 g/mol. The molecule has 0 unspecified atom stereocenters. The minimum atomic E-state index is -0.0940. The van der Waals surface area contributed by atoms with Crippen molar-refractivity contribution in [3.63, 3.8) is 0 Å². The van der Waals surface area contributed by atoms with E-state index in [0.29, 0.717) is 50.3 Å². The first kappa shape index (κ1) is 22.9. The van der Waals surface area contributed by atoms with Crippen molar-refractivity contribution in [3.8, 4) is 11.1 Å². The third-order valence-corrected chi connectivity index (χ3v) is 7.41. The van der Waals surface area contributed by atoms with Crippen molar-refractivity contribution in [2.75, 3.05) is 0 Å². The van der Waals surface area contributed by atoms with E-state index in [2.05, 4.69) is 6.58 Å². The standard InChI is InChI=1S/C35H22O4/c1-3-23-25(34(36)21-10-6-4-7-11-21)15-19-28-31(23)30-20(2)38-27-18-16-26(35(37)22-12-8-5-9-13-22)24-14-17-29(39-28)33(30)32(24)27/h3-19H,1H2,2H3. The molecular formula is C35H22O4. The van der Waals surface area contributed by atoms with Crippen molar-refractivity contribution in [2.45, 2.75) is 6.92 Å². The minimum absolute atomic E-state index is 0.0606. The third kappa shape index (κ3) is 3.39. The van der Waals surface area contributed by atoms with Crippen LogP contribution in [0.2, 0.25) is 0 Å². The summed E-state index contributed by atoms with van der Waals surface area (Å²) in [6, 6.07) is 29.6. The first-order valence-electron chi connectivity index (χ1n) is 12.7. The predicted molar refractivity (Wildman–Crippen MR) is 155 cm³/mol. The summed E-state index contributed by atoms with van der Waals surface area (Å²) in [5.41, 5.74) is 6.68. The molecule has 5 aromatic rings. The fraction of sp³-hybridized carbons (Fsp3) is 0.0286. The summed E-state index contributed by atoms with van der Waals surface area (Å²) in [6.45, 7) is 5.97. The molecule has 5 aromatic carbocycles. The van der Waals surface area contributed by atoms with E-state index < -0.39 is 0 Å². The number of hydrogen-bond acceptors (Lipinski definition) is 4. The molecule has 0 fully saturated rings. The number of hydrogen-bond donors (Lipinski definition) is 0. The smallest absolute Gasteiger partial charge is 0.193 e. The van der Waals surface area contributed by atoms with Crippen molar-refractivity contribution >= 4 is 50.6 Å². The number of carbonyl (C=O) groups excluding carboxylic acids is 2. The highest BCUT2D eigenvalue weighted by Gasteiger charge is 2.27. The summed E-state index contributed by atoms with van der Waals surface area (Å²) >= 11 is 0. The molecular weight excluding hydrogens is 484 g/mol. The Kier molecular flexibility index (Phi) is 5.10. The molecule has 0 aliphatic carbocycles. The lowest BCUT2D eigenvalue weighted by Crippen LogP contribution is -2.06. The summed E-state index contributed by atoms with van der Waals surface area (Å²) < 4.78 is 12.8. The molecule has 2 aliphatic rings. The van der Waals surface area contributed by atoms with Crippen molar-refractivity contribution in [3.05, 3.63) is 137 Å². The molecule has 0 N–H and O–H groups in total. The summed E-state index contributed by atoms with van der Waals surface area (Å²) in [5, 5.41) is 2.36. The molecule has 186 valence electrons. The maximum atomic E-state index is 13.5. The number of carbonyl (C=O) groups is 2. The van der Waals surface area contributed by atoms with E-state index in [1.165, 1.54) is 0 Å². The van der Waals surface area contributed by atoms with Crippen LogP contribution in [0.5, 0.6) is 0 Å². The van der Waals surface area contributed by atoms with Crippen LogP contribution in [0.1, 0.15) is 43.2 Å². The highest BCUT2D eigenvalue weighted by Crippen LogP contribution is 2.47. The van der Waals surface area contributed by atoms with Gasteiger partial charge in [0, 0.05) is 44.2 Å². The van der Waals surface area contributed by atoms with Gasteiger partial charge in [-0.3, -0.25) is 9.59 Å². The fourth-order valence-corrected chi connectivity index (χ4v) is 5.67. The number of rotatable bonds is 5. The first-order chi connectivity index (χ1) is 19.1. The highest BCUT2D eigenvalue weighted by atomic mass is 16.3. The molecule has 2 heterocycles. The molecule has 0 radical (unpaired) electrons. The van der Waals surface area contributed by atoms with Gasteiger partial charge in [-0.15, -0.1) is 0 Å². The summed E-state index contributed by atoms with van der Waals surface area (Å²) in [7, 11) is 0. The van der Waals surface area contributed by atoms with E-state index in [1.807, 2.05) is 85.8 Å². The molecule has 39 heavy (non-hydrogen) atoms. The van der Waals surface area contributed by atoms with Gasteiger partial charge in [0.2, 0.25) is 0 Å². The van der Waals surface area contributed by atoms with Gasteiger partial charge >= 0.3 is 0 Å². The van der Waals surface area contributed by atoms with Gasteiger partial charge in [0.25, 0.3) is 0 Å². The van der Waals surface area contributed by atoms with Gasteiger partial charge in [-0.25, -0.2) is 0 Å². The Morgan fingerprint density at radius 3 is 1.82 bits per heavy atom. The van der Waals surface area contributed by atoms with E-state index in [9.17, 15) is 9.59 Å². The van der Waals surface area contributed by atoms with Gasteiger partial charge in [0.05, 0.1) is 0 Å². The quantitative estimate of drug-likeness (QED) is 0.133. The van der Waals surface area contributed by atoms with Gasteiger partial charge in [0.15, 0.2) is 11.6 Å². The zero-order valence-corrected chi connectivity index (χ0v) is 21.2. The average Bonchev–Trinajstić information content (AvgIpc) is 2.99. The first-order valence-corrected chi connectivity index (χ1v) is 12.7. The zero-order chi connectivity index (χ0) is 26.7. The highest BCUT2D eigenvalue weighted by molar-refractivity contribution is 6.25. The second kappa shape index (κ2) is 8.67. The average molecular weight is 507 g/mol. The number of fused-ring (bicyclic) bond motifs is 2. The Balaban J connectivity index is 1.55. The van der Waals surface area contributed by atoms with Gasteiger partial charge in [-0.05, 0) is 54.3 Å². The maximum Gasteiger partial charge on any atom is 0.193 e. The maximum absolute atomic E-state index is 13.5. The molecule has 0 spiro atoms. The van der Waals surface area contributed by atoms with E-state index in [1.54, 1.807) is 24.3 Å². The van der Waals surface area contributed by atoms with Crippen molar-refractivity contribution in [2.24, 2.45) is 0 Å². The Morgan fingerprint density at radius 1 is 0.615 bits per heavy atom. The molecule has 7 rings (SSSR count). The van der Waals surface area contributed by atoms with Crippen LogP contribution in [0.15, 0.2) is 112 Å². The summed E-state index contributed by atoms with van der Waals surface area (Å²) in [4.78, 5) is 27.1. The van der Waals surface area contributed by atoms with Crippen LogP contribution < -0.4 is 0 Å². The molecule has 4 nitrogen and oxygen atoms in total. The fourth-order valence-electron chi connectivity index (χ4n) is 5.67. The van der Waals surface area contributed by atoms with Crippen LogP contribution in [-0.2, 0) is 0 Å². The zero-order valence-electron chi connectivity index (χ0n) is 21.2. The Morgan fingerprint density at radius 2 is 1.18 bits per heavy atom. The number of aryl methyl sites for hydroxylation is 1. The lowest BCUT2D eigenvalue weighted by atomic mass is 9.86. The number of ketones is 2. The van der Waals surface area contributed by atoms with Crippen LogP contribution >= 0.6 is 0 Å². The summed E-state index contributed by atoms with van der Waals surface area (Å²) in [6.07, 6.45) is 1.70. The molecule has 0 bridgehead atoms. The van der Waals surface area contributed by atoms with Crippen LogP contribution in [0.25, 0.3) is 50.1 Å². The molecule has 4 heteroatoms. The van der Waals surface area contributed by atoms with Crippen LogP contribution in [0.4, 0.5) is 0 Å². The van der Waals surface area contributed by atoms with Crippen molar-refractivity contribution < 1.29 is 18.4 Å². The predicted octanol–water partition coefficient (Wildman–Crippen LogP) is 8.85. The lowest BCUT2D eigenvalue weighted by Gasteiger charge is -2.21. The van der Waals surface area contributed by atoms with Crippen LogP contribution in [-0.4, -0.2) is 11.6 Å². The molecule has 0 saturated heterocycles. The van der Waals surface area contributed by atoms with Crippen molar-refractivity contribution in [1.82, 2.24) is 0 Å². The van der Waals surface area contributed by atoms with Crippen LogP contribution in [0, 0.1) is 6.92 Å². The Bertz CT molecular complexity index is 2060. The molecule has 0 atom stereocenters. The van der Waals surface area contributed by atoms with Gasteiger partial charge in [-0.1, -0.05) is 73.3 Å². The number of benzene rings is 5. The normalized spacial score (nSPS) is 11.5. The molecule has 0 amide bonds. The third-order valence-electron chi connectivity index (χ3n) is 7.41. The second-order valence-corrected chi connectivity index (χ2v) is 9.60.